The van der Waals surface area contributed by atoms with Crippen molar-refractivity contribution < 1.29 is 24.0 Å². The molecule has 2 fully saturated rings. The average Bonchev–Trinajstić information content (AvgIpc) is 2.84. The maximum absolute atomic E-state index is 11.2. The second-order valence-corrected chi connectivity index (χ2v) is 9.00. The van der Waals surface area contributed by atoms with Gasteiger partial charge < -0.3 is 25.0 Å². The van der Waals surface area contributed by atoms with Crippen molar-refractivity contribution in [2.75, 3.05) is 68.1 Å². The average molecular weight is 499 g/mol. The summed E-state index contributed by atoms with van der Waals surface area (Å²) in [6, 6.07) is 10.7. The number of Topliss-reactive ketones (excluding diaryl/α,β-unsaturated/α-hetero) is 2. The number of nitrogen functional groups attached to an aromatic ring is 1. The molecular weight excluding hydrogens is 464 g/mol. The smallest absolute Gasteiger partial charge is 0.271 e. The summed E-state index contributed by atoms with van der Waals surface area (Å²) >= 11 is 0. The zero-order chi connectivity index (χ0) is 26.1. The van der Waals surface area contributed by atoms with Gasteiger partial charge in [0.2, 0.25) is 0 Å². The lowest BCUT2D eigenvalue weighted by molar-refractivity contribution is -0.384. The number of ether oxygens (including phenoxy) is 2. The van der Waals surface area contributed by atoms with Crippen LogP contribution in [0.5, 0.6) is 0 Å². The van der Waals surface area contributed by atoms with Crippen LogP contribution in [0.1, 0.15) is 25.0 Å². The topological polar surface area (TPSA) is 128 Å². The molecule has 2 N–H and O–H groups in total. The number of hydrogen-bond donors (Lipinski definition) is 1. The molecule has 10 heteroatoms. The van der Waals surface area contributed by atoms with Gasteiger partial charge in [0.25, 0.3) is 5.69 Å². The Hall–Kier alpha value is -3.50. The highest BCUT2D eigenvalue weighted by Crippen LogP contribution is 2.25. The third-order valence-corrected chi connectivity index (χ3v) is 5.83. The number of benzene rings is 2. The van der Waals surface area contributed by atoms with Gasteiger partial charge in [-0.1, -0.05) is 0 Å². The van der Waals surface area contributed by atoms with E-state index in [1.54, 1.807) is 13.0 Å². The van der Waals surface area contributed by atoms with E-state index >= 15 is 0 Å². The van der Waals surface area contributed by atoms with Crippen molar-refractivity contribution in [2.24, 2.45) is 0 Å². The molecule has 36 heavy (non-hydrogen) atoms. The number of nitro benzene ring substituents is 1. The zero-order valence-electron chi connectivity index (χ0n) is 20.9. The van der Waals surface area contributed by atoms with E-state index < -0.39 is 4.92 Å². The lowest BCUT2D eigenvalue weighted by Crippen LogP contribution is -2.36. The van der Waals surface area contributed by atoms with Crippen LogP contribution in [-0.2, 0) is 31.9 Å². The van der Waals surface area contributed by atoms with Crippen molar-refractivity contribution in [3.05, 3.63) is 57.6 Å². The number of morpholine rings is 2. The van der Waals surface area contributed by atoms with Crippen molar-refractivity contribution in [3.8, 4) is 0 Å². The van der Waals surface area contributed by atoms with Crippen molar-refractivity contribution >= 4 is 34.3 Å². The Morgan fingerprint density at radius 1 is 0.806 bits per heavy atom. The van der Waals surface area contributed by atoms with Crippen LogP contribution >= 0.6 is 0 Å². The second-order valence-electron chi connectivity index (χ2n) is 9.00. The molecule has 2 heterocycles. The minimum atomic E-state index is -0.423. The van der Waals surface area contributed by atoms with E-state index in [1.165, 1.54) is 13.0 Å². The monoisotopic (exact) mass is 498 g/mol. The number of hydrogen-bond acceptors (Lipinski definition) is 9. The number of carbonyl (C=O) groups is 2. The van der Waals surface area contributed by atoms with Crippen LogP contribution in [0.4, 0.5) is 22.7 Å². The molecule has 0 saturated carbocycles. The number of nitro groups is 1. The summed E-state index contributed by atoms with van der Waals surface area (Å²) < 4.78 is 10.6. The van der Waals surface area contributed by atoms with Gasteiger partial charge in [-0.05, 0) is 49.2 Å². The Labute approximate surface area is 211 Å². The minimum Gasteiger partial charge on any atom is -0.399 e. The lowest BCUT2D eigenvalue weighted by Gasteiger charge is -2.29. The summed E-state index contributed by atoms with van der Waals surface area (Å²) in [4.78, 5) is 37.1. The Bertz CT molecular complexity index is 1080. The summed E-state index contributed by atoms with van der Waals surface area (Å²) in [6.07, 6.45) is 0.668. The summed E-state index contributed by atoms with van der Waals surface area (Å²) in [5.74, 6) is 0.150. The predicted octanol–water partition coefficient (Wildman–Crippen LogP) is 2.80. The normalized spacial score (nSPS) is 15.6. The Kier molecular flexibility index (Phi) is 9.77. The zero-order valence-corrected chi connectivity index (χ0v) is 20.9. The second kappa shape index (κ2) is 13.0. The molecule has 2 aromatic carbocycles. The molecule has 0 aromatic heterocycles. The van der Waals surface area contributed by atoms with Gasteiger partial charge in [-0.25, -0.2) is 0 Å². The van der Waals surface area contributed by atoms with Gasteiger partial charge in [0, 0.05) is 68.2 Å². The number of non-ortho nitro benzene ring substituents is 1. The number of anilines is 3. The Balaban J connectivity index is 0.000000202. The van der Waals surface area contributed by atoms with Crippen molar-refractivity contribution in [1.82, 2.24) is 0 Å². The predicted molar refractivity (Wildman–Crippen MR) is 139 cm³/mol. The van der Waals surface area contributed by atoms with Gasteiger partial charge in [-0.2, -0.15) is 0 Å². The van der Waals surface area contributed by atoms with Crippen LogP contribution in [0, 0.1) is 10.1 Å². The number of rotatable bonds is 7. The molecule has 0 bridgehead atoms. The lowest BCUT2D eigenvalue weighted by atomic mass is 10.1. The molecule has 0 amide bonds. The molecule has 194 valence electrons. The first-order valence-electron chi connectivity index (χ1n) is 12.0. The summed E-state index contributed by atoms with van der Waals surface area (Å²) in [7, 11) is 0. The van der Waals surface area contributed by atoms with Crippen LogP contribution in [-0.4, -0.2) is 69.1 Å². The Morgan fingerprint density at radius 2 is 1.25 bits per heavy atom. The summed E-state index contributed by atoms with van der Waals surface area (Å²) in [5, 5.41) is 11.0. The maximum atomic E-state index is 11.2. The highest BCUT2D eigenvalue weighted by Gasteiger charge is 2.17. The van der Waals surface area contributed by atoms with E-state index in [4.69, 9.17) is 15.2 Å². The number of ketones is 2. The third kappa shape index (κ3) is 8.31. The highest BCUT2D eigenvalue weighted by molar-refractivity contribution is 5.79. The number of nitrogens with zero attached hydrogens (tertiary/aromatic N) is 3. The minimum absolute atomic E-state index is 0.00609. The fourth-order valence-corrected chi connectivity index (χ4v) is 4.25. The molecule has 0 radical (unpaired) electrons. The summed E-state index contributed by atoms with van der Waals surface area (Å²) in [5.41, 5.74) is 10.2. The fourth-order valence-electron chi connectivity index (χ4n) is 4.25. The van der Waals surface area contributed by atoms with E-state index in [1.807, 2.05) is 29.2 Å². The molecule has 0 aliphatic carbocycles. The third-order valence-electron chi connectivity index (χ3n) is 5.83. The molecule has 4 rings (SSSR count). The molecule has 2 saturated heterocycles. The van der Waals surface area contributed by atoms with Crippen LogP contribution in [0.25, 0.3) is 0 Å². The van der Waals surface area contributed by atoms with Gasteiger partial charge in [-0.15, -0.1) is 0 Å². The van der Waals surface area contributed by atoms with Gasteiger partial charge in [0.1, 0.15) is 11.6 Å². The Morgan fingerprint density at radius 3 is 1.69 bits per heavy atom. The number of carbonyl (C=O) groups excluding carboxylic acids is 2. The van der Waals surface area contributed by atoms with Crippen molar-refractivity contribution in [1.29, 1.82) is 0 Å². The fraction of sp³-hybridized carbons (Fsp3) is 0.462. The maximum Gasteiger partial charge on any atom is 0.271 e. The van der Waals surface area contributed by atoms with Gasteiger partial charge >= 0.3 is 0 Å². The first-order valence-corrected chi connectivity index (χ1v) is 12.0. The first kappa shape index (κ1) is 27.1. The molecule has 2 aliphatic heterocycles. The van der Waals surface area contributed by atoms with E-state index in [2.05, 4.69) is 4.90 Å². The van der Waals surface area contributed by atoms with Crippen LogP contribution in [0.15, 0.2) is 36.4 Å². The van der Waals surface area contributed by atoms with Gasteiger partial charge in [0.05, 0.1) is 31.4 Å². The molecule has 10 nitrogen and oxygen atoms in total. The van der Waals surface area contributed by atoms with Crippen LogP contribution < -0.4 is 15.5 Å². The molecular formula is C26H34N4O6. The molecule has 0 atom stereocenters. The molecule has 0 spiro atoms. The largest absolute Gasteiger partial charge is 0.399 e. The highest BCUT2D eigenvalue weighted by atomic mass is 16.6. The quantitative estimate of drug-likeness (QED) is 0.348. The molecule has 2 aliphatic rings. The van der Waals surface area contributed by atoms with E-state index in [0.717, 1.165) is 43.2 Å². The van der Waals surface area contributed by atoms with E-state index in [-0.39, 0.29) is 23.7 Å². The summed E-state index contributed by atoms with van der Waals surface area (Å²) in [6.45, 7) is 8.97. The van der Waals surface area contributed by atoms with Crippen molar-refractivity contribution in [3.63, 3.8) is 0 Å². The van der Waals surface area contributed by atoms with Gasteiger partial charge in [0.15, 0.2) is 0 Å². The van der Waals surface area contributed by atoms with Crippen molar-refractivity contribution in [2.45, 2.75) is 26.7 Å². The molecule has 0 unspecified atom stereocenters. The standard InChI is InChI=1S/C13H16N2O4.C13H18N2O2/c1-10(16)6-11-7-12(9-13(8-11)15(17)18)14-2-4-19-5-3-14;1-10(16)6-11-7-12(14)9-13(8-11)15-2-4-17-5-3-15/h7-9H,2-6H2,1H3;7-9H,2-6,14H2,1H3. The number of nitrogens with two attached hydrogens (primary N) is 1. The SMILES string of the molecule is CC(=O)Cc1cc(N)cc(N2CCOCC2)c1.CC(=O)Cc1cc(N2CCOCC2)cc([N+](=O)[O-])c1. The first-order chi connectivity index (χ1) is 17.2. The van der Waals surface area contributed by atoms with E-state index in [9.17, 15) is 19.7 Å². The molecule has 2 aromatic rings. The van der Waals surface area contributed by atoms with Crippen LogP contribution in [0.3, 0.4) is 0 Å². The van der Waals surface area contributed by atoms with Crippen LogP contribution in [0.2, 0.25) is 0 Å². The van der Waals surface area contributed by atoms with E-state index in [0.29, 0.717) is 44.0 Å². The van der Waals surface area contributed by atoms with Gasteiger partial charge in [-0.3, -0.25) is 19.7 Å².